The van der Waals surface area contributed by atoms with Crippen LogP contribution >= 0.6 is 22.7 Å². The van der Waals surface area contributed by atoms with Crippen LogP contribution in [0.3, 0.4) is 0 Å². The Bertz CT molecular complexity index is 426. The maximum atomic E-state index is 4.52. The molecule has 17 heavy (non-hydrogen) atoms. The molecule has 2 heterocycles. The monoisotopic (exact) mass is 266 g/mol. The SMILES string of the molecule is Cc1cc(CNCc2nc(C)c(C)s2)sc1C. The molecule has 2 aromatic rings. The third-order valence-electron chi connectivity index (χ3n) is 2.87. The Morgan fingerprint density at radius 2 is 1.82 bits per heavy atom. The fourth-order valence-electron chi connectivity index (χ4n) is 1.64. The first-order valence-electron chi connectivity index (χ1n) is 5.76. The summed E-state index contributed by atoms with van der Waals surface area (Å²) in [6.07, 6.45) is 0. The summed E-state index contributed by atoms with van der Waals surface area (Å²) in [5, 5.41) is 4.64. The van der Waals surface area contributed by atoms with E-state index >= 15 is 0 Å². The van der Waals surface area contributed by atoms with Crippen molar-refractivity contribution in [2.45, 2.75) is 40.8 Å². The van der Waals surface area contributed by atoms with E-state index in [2.05, 4.69) is 44.1 Å². The lowest BCUT2D eigenvalue weighted by molar-refractivity contribution is 0.696. The van der Waals surface area contributed by atoms with Crippen LogP contribution in [0.25, 0.3) is 0 Å². The minimum absolute atomic E-state index is 0.870. The van der Waals surface area contributed by atoms with Gasteiger partial charge in [-0.1, -0.05) is 0 Å². The van der Waals surface area contributed by atoms with E-state index < -0.39 is 0 Å². The second-order valence-corrected chi connectivity index (χ2v) is 6.93. The Labute approximate surface area is 111 Å². The van der Waals surface area contributed by atoms with Gasteiger partial charge in [-0.15, -0.1) is 22.7 Å². The quantitative estimate of drug-likeness (QED) is 0.912. The number of nitrogens with zero attached hydrogens (tertiary/aromatic N) is 1. The van der Waals surface area contributed by atoms with Crippen molar-refractivity contribution < 1.29 is 0 Å². The second kappa shape index (κ2) is 5.29. The van der Waals surface area contributed by atoms with Gasteiger partial charge in [0.2, 0.25) is 0 Å². The van der Waals surface area contributed by atoms with Crippen LogP contribution in [0.4, 0.5) is 0 Å². The van der Waals surface area contributed by atoms with Crippen LogP contribution in [0, 0.1) is 27.7 Å². The molecule has 0 aliphatic carbocycles. The molecule has 0 aliphatic heterocycles. The van der Waals surface area contributed by atoms with Crippen LogP contribution < -0.4 is 5.32 Å². The zero-order chi connectivity index (χ0) is 12.4. The van der Waals surface area contributed by atoms with Crippen molar-refractivity contribution >= 4 is 22.7 Å². The molecule has 92 valence electrons. The summed E-state index contributed by atoms with van der Waals surface area (Å²) in [7, 11) is 0. The van der Waals surface area contributed by atoms with Gasteiger partial charge in [0.15, 0.2) is 0 Å². The van der Waals surface area contributed by atoms with E-state index in [0.717, 1.165) is 18.8 Å². The maximum absolute atomic E-state index is 4.52. The van der Waals surface area contributed by atoms with Gasteiger partial charge < -0.3 is 5.32 Å². The van der Waals surface area contributed by atoms with Crippen LogP contribution in [0.15, 0.2) is 6.07 Å². The predicted molar refractivity (Wildman–Crippen MR) is 75.9 cm³/mol. The third-order valence-corrected chi connectivity index (χ3v) is 5.09. The Hall–Kier alpha value is -0.710. The zero-order valence-electron chi connectivity index (χ0n) is 10.8. The van der Waals surface area contributed by atoms with Crippen molar-refractivity contribution in [3.05, 3.63) is 37.0 Å². The first-order valence-corrected chi connectivity index (χ1v) is 7.39. The molecule has 2 rings (SSSR count). The largest absolute Gasteiger partial charge is 0.306 e. The van der Waals surface area contributed by atoms with E-state index in [1.54, 1.807) is 11.3 Å². The Morgan fingerprint density at radius 1 is 1.06 bits per heavy atom. The number of hydrogen-bond acceptors (Lipinski definition) is 4. The second-order valence-electron chi connectivity index (χ2n) is 4.30. The van der Waals surface area contributed by atoms with Crippen LogP contribution in [0.2, 0.25) is 0 Å². The molecular weight excluding hydrogens is 248 g/mol. The van der Waals surface area contributed by atoms with Crippen molar-refractivity contribution in [1.82, 2.24) is 10.3 Å². The first-order chi connectivity index (χ1) is 8.06. The molecule has 0 atom stereocenters. The number of aromatic nitrogens is 1. The molecule has 0 saturated heterocycles. The van der Waals surface area contributed by atoms with Crippen molar-refractivity contribution in [2.24, 2.45) is 0 Å². The van der Waals surface area contributed by atoms with E-state index in [4.69, 9.17) is 0 Å². The van der Waals surface area contributed by atoms with Gasteiger partial charge >= 0.3 is 0 Å². The normalized spacial score (nSPS) is 11.1. The van der Waals surface area contributed by atoms with Crippen molar-refractivity contribution in [3.8, 4) is 0 Å². The van der Waals surface area contributed by atoms with Crippen LogP contribution in [-0.4, -0.2) is 4.98 Å². The fraction of sp³-hybridized carbons (Fsp3) is 0.462. The van der Waals surface area contributed by atoms with E-state index in [9.17, 15) is 0 Å². The van der Waals surface area contributed by atoms with Gasteiger partial charge in [0.25, 0.3) is 0 Å². The number of hydrogen-bond donors (Lipinski definition) is 1. The van der Waals surface area contributed by atoms with Gasteiger partial charge in [0.05, 0.1) is 5.69 Å². The zero-order valence-corrected chi connectivity index (χ0v) is 12.4. The van der Waals surface area contributed by atoms with Crippen molar-refractivity contribution in [2.75, 3.05) is 0 Å². The van der Waals surface area contributed by atoms with E-state index in [-0.39, 0.29) is 0 Å². The Morgan fingerprint density at radius 3 is 2.35 bits per heavy atom. The van der Waals surface area contributed by atoms with E-state index in [0.29, 0.717) is 0 Å². The molecule has 0 unspecified atom stereocenters. The van der Waals surface area contributed by atoms with Crippen LogP contribution in [-0.2, 0) is 13.1 Å². The highest BCUT2D eigenvalue weighted by atomic mass is 32.1. The summed E-state index contributed by atoms with van der Waals surface area (Å²) in [5.41, 5.74) is 2.56. The number of aryl methyl sites for hydroxylation is 4. The van der Waals surface area contributed by atoms with Gasteiger partial charge in [-0.25, -0.2) is 4.98 Å². The minimum atomic E-state index is 0.870. The summed E-state index contributed by atoms with van der Waals surface area (Å²) in [4.78, 5) is 8.67. The van der Waals surface area contributed by atoms with E-state index in [1.807, 2.05) is 11.3 Å². The number of rotatable bonds is 4. The average molecular weight is 266 g/mol. The number of thiophene rings is 1. The summed E-state index contributed by atoms with van der Waals surface area (Å²) in [6, 6.07) is 2.27. The fourth-order valence-corrected chi connectivity index (χ4v) is 3.57. The molecule has 0 saturated carbocycles. The summed E-state index contributed by atoms with van der Waals surface area (Å²) < 4.78 is 0. The molecule has 4 heteroatoms. The van der Waals surface area contributed by atoms with Gasteiger partial charge in [-0.3, -0.25) is 0 Å². The van der Waals surface area contributed by atoms with Gasteiger partial charge in [0.1, 0.15) is 5.01 Å². The summed E-state index contributed by atoms with van der Waals surface area (Å²) >= 11 is 3.67. The third kappa shape index (κ3) is 3.15. The summed E-state index contributed by atoms with van der Waals surface area (Å²) in [5.74, 6) is 0. The highest BCUT2D eigenvalue weighted by molar-refractivity contribution is 7.12. The smallest absolute Gasteiger partial charge is 0.107 e. The van der Waals surface area contributed by atoms with Gasteiger partial charge in [-0.05, 0) is 39.3 Å². The van der Waals surface area contributed by atoms with Crippen LogP contribution in [0.5, 0.6) is 0 Å². The Balaban J connectivity index is 1.87. The lowest BCUT2D eigenvalue weighted by atomic mass is 10.3. The maximum Gasteiger partial charge on any atom is 0.107 e. The molecule has 0 aliphatic rings. The molecule has 0 fully saturated rings. The van der Waals surface area contributed by atoms with E-state index in [1.165, 1.54) is 25.2 Å². The molecule has 0 aromatic carbocycles. The average Bonchev–Trinajstić information content (AvgIpc) is 2.73. The summed E-state index contributed by atoms with van der Waals surface area (Å²) in [6.45, 7) is 10.4. The molecule has 2 aromatic heterocycles. The molecule has 1 N–H and O–H groups in total. The molecular formula is C13H18N2S2. The lowest BCUT2D eigenvalue weighted by Crippen LogP contribution is -2.11. The minimum Gasteiger partial charge on any atom is -0.306 e. The Kier molecular flexibility index (Phi) is 3.97. The molecule has 0 bridgehead atoms. The van der Waals surface area contributed by atoms with Gasteiger partial charge in [-0.2, -0.15) is 0 Å². The molecule has 0 amide bonds. The predicted octanol–water partition coefficient (Wildman–Crippen LogP) is 3.73. The highest BCUT2D eigenvalue weighted by Gasteiger charge is 2.04. The van der Waals surface area contributed by atoms with Gasteiger partial charge in [0, 0.05) is 27.7 Å². The molecule has 0 spiro atoms. The molecule has 2 nitrogen and oxygen atoms in total. The molecule has 0 radical (unpaired) electrons. The highest BCUT2D eigenvalue weighted by Crippen LogP contribution is 2.21. The first kappa shape index (κ1) is 12.7. The number of thiazole rings is 1. The van der Waals surface area contributed by atoms with Crippen molar-refractivity contribution in [3.63, 3.8) is 0 Å². The lowest BCUT2D eigenvalue weighted by Gasteiger charge is -1.99. The number of nitrogens with one attached hydrogen (secondary N) is 1. The van der Waals surface area contributed by atoms with Crippen molar-refractivity contribution in [1.29, 1.82) is 0 Å². The standard InChI is InChI=1S/C13H18N2S2/c1-8-5-12(16-10(8)3)6-14-7-13-15-9(2)11(4)17-13/h5,14H,6-7H2,1-4H3. The van der Waals surface area contributed by atoms with Crippen LogP contribution in [0.1, 0.15) is 30.9 Å². The topological polar surface area (TPSA) is 24.9 Å².